The third-order valence-corrected chi connectivity index (χ3v) is 1.74. The molecule has 0 aliphatic carbocycles. The monoisotopic (exact) mass is 167 g/mol. The second-order valence-corrected chi connectivity index (χ2v) is 2.75. The highest BCUT2D eigenvalue weighted by Gasteiger charge is 2.05. The summed E-state index contributed by atoms with van der Waals surface area (Å²) in [7, 11) is 1.76. The Labute approximate surface area is 71.4 Å². The molecule has 66 valence electrons. The van der Waals surface area contributed by atoms with Gasteiger partial charge in [0.15, 0.2) is 0 Å². The summed E-state index contributed by atoms with van der Waals surface area (Å²) in [6.07, 6.45) is 0.942. The van der Waals surface area contributed by atoms with E-state index in [9.17, 15) is 4.79 Å². The Morgan fingerprint density at radius 3 is 2.83 bits per heavy atom. The molecular weight excluding hydrogens is 154 g/mol. The zero-order valence-electron chi connectivity index (χ0n) is 7.37. The van der Waals surface area contributed by atoms with E-state index in [1.807, 2.05) is 6.92 Å². The van der Waals surface area contributed by atoms with Gasteiger partial charge >= 0.3 is 0 Å². The van der Waals surface area contributed by atoms with Crippen LogP contribution in [0.2, 0.25) is 0 Å². The number of rotatable bonds is 3. The van der Waals surface area contributed by atoms with Gasteiger partial charge in [-0.3, -0.25) is 9.48 Å². The zero-order valence-corrected chi connectivity index (χ0v) is 7.37. The predicted octanol–water partition coefficient (Wildman–Crippen LogP) is 0.524. The molecule has 4 nitrogen and oxygen atoms in total. The number of carbonyl (C=O) groups is 1. The minimum atomic E-state index is 0.188. The number of hydrogen-bond acceptors (Lipinski definition) is 3. The van der Waals surface area contributed by atoms with Crippen molar-refractivity contribution in [3.8, 4) is 0 Å². The fourth-order valence-electron chi connectivity index (χ4n) is 0.957. The van der Waals surface area contributed by atoms with Crippen molar-refractivity contribution in [3.05, 3.63) is 11.8 Å². The topological polar surface area (TPSA) is 60.9 Å². The Balaban J connectivity index is 2.70. The molecule has 1 heterocycles. The Hall–Kier alpha value is -1.32. The van der Waals surface area contributed by atoms with Crippen LogP contribution < -0.4 is 5.73 Å². The summed E-state index contributed by atoms with van der Waals surface area (Å²) < 4.78 is 1.57. The molecule has 1 aromatic heterocycles. The van der Waals surface area contributed by atoms with E-state index in [1.165, 1.54) is 0 Å². The van der Waals surface area contributed by atoms with Crippen LogP contribution in [-0.4, -0.2) is 15.6 Å². The fourth-order valence-corrected chi connectivity index (χ4v) is 0.957. The minimum absolute atomic E-state index is 0.188. The number of anilines is 1. The van der Waals surface area contributed by atoms with E-state index in [-0.39, 0.29) is 5.78 Å². The molecule has 0 spiro atoms. The van der Waals surface area contributed by atoms with Crippen molar-refractivity contribution in [1.29, 1.82) is 0 Å². The normalized spacial score (nSPS) is 10.2. The molecule has 0 fully saturated rings. The van der Waals surface area contributed by atoms with Gasteiger partial charge in [0.05, 0.1) is 12.1 Å². The maximum Gasteiger partial charge on any atom is 0.138 e. The molecule has 1 aromatic rings. The Morgan fingerprint density at radius 2 is 2.42 bits per heavy atom. The summed E-state index contributed by atoms with van der Waals surface area (Å²) in [5.74, 6) is 0.780. The average molecular weight is 167 g/mol. The maximum absolute atomic E-state index is 11.0. The molecular formula is C8H13N3O. The summed E-state index contributed by atoms with van der Waals surface area (Å²) in [6, 6.07) is 1.73. The van der Waals surface area contributed by atoms with Gasteiger partial charge in [0.1, 0.15) is 11.6 Å². The highest BCUT2D eigenvalue weighted by atomic mass is 16.1. The van der Waals surface area contributed by atoms with Gasteiger partial charge in [-0.15, -0.1) is 0 Å². The summed E-state index contributed by atoms with van der Waals surface area (Å²) >= 11 is 0. The van der Waals surface area contributed by atoms with Gasteiger partial charge in [0.25, 0.3) is 0 Å². The lowest BCUT2D eigenvalue weighted by molar-refractivity contribution is -0.118. The van der Waals surface area contributed by atoms with E-state index in [1.54, 1.807) is 17.8 Å². The van der Waals surface area contributed by atoms with Crippen molar-refractivity contribution in [2.24, 2.45) is 7.05 Å². The molecule has 0 unspecified atom stereocenters. The van der Waals surface area contributed by atoms with E-state index >= 15 is 0 Å². The summed E-state index contributed by atoms with van der Waals surface area (Å²) in [4.78, 5) is 11.0. The predicted molar refractivity (Wildman–Crippen MR) is 46.6 cm³/mol. The van der Waals surface area contributed by atoms with E-state index < -0.39 is 0 Å². The van der Waals surface area contributed by atoms with Gasteiger partial charge < -0.3 is 5.73 Å². The summed E-state index contributed by atoms with van der Waals surface area (Å²) in [5, 5.41) is 4.07. The first kappa shape index (κ1) is 8.77. The molecule has 4 heteroatoms. The fraction of sp³-hybridized carbons (Fsp3) is 0.500. The smallest absolute Gasteiger partial charge is 0.138 e. The lowest BCUT2D eigenvalue weighted by Gasteiger charge is -1.91. The second-order valence-electron chi connectivity index (χ2n) is 2.75. The van der Waals surface area contributed by atoms with Gasteiger partial charge in [-0.1, -0.05) is 6.92 Å². The number of aryl methyl sites for hydroxylation is 1. The van der Waals surface area contributed by atoms with Gasteiger partial charge in [0, 0.05) is 19.5 Å². The molecule has 0 atom stereocenters. The van der Waals surface area contributed by atoms with Gasteiger partial charge in [-0.2, -0.15) is 5.10 Å². The van der Waals surface area contributed by atoms with E-state index in [2.05, 4.69) is 5.10 Å². The summed E-state index contributed by atoms with van der Waals surface area (Å²) in [5.41, 5.74) is 6.30. The molecule has 2 N–H and O–H groups in total. The van der Waals surface area contributed by atoms with Crippen LogP contribution in [0, 0.1) is 0 Å². The highest BCUT2D eigenvalue weighted by molar-refractivity contribution is 5.80. The lowest BCUT2D eigenvalue weighted by Crippen LogP contribution is -2.02. The third kappa shape index (κ3) is 1.84. The average Bonchev–Trinajstić information content (AvgIpc) is 2.31. The van der Waals surface area contributed by atoms with Crippen LogP contribution in [-0.2, 0) is 18.3 Å². The number of nitrogens with two attached hydrogens (primary N) is 1. The van der Waals surface area contributed by atoms with Gasteiger partial charge in [0.2, 0.25) is 0 Å². The van der Waals surface area contributed by atoms with E-state index in [0.29, 0.717) is 18.7 Å². The van der Waals surface area contributed by atoms with Crippen LogP contribution in [0.4, 0.5) is 5.82 Å². The SMILES string of the molecule is CCC(=O)Cc1cc(N)n(C)n1. The maximum atomic E-state index is 11.0. The Kier molecular flexibility index (Phi) is 2.47. The van der Waals surface area contributed by atoms with E-state index in [4.69, 9.17) is 5.73 Å². The quantitative estimate of drug-likeness (QED) is 0.714. The van der Waals surface area contributed by atoms with Crippen LogP contribution in [0.3, 0.4) is 0 Å². The van der Waals surface area contributed by atoms with Crippen LogP contribution >= 0.6 is 0 Å². The Bertz CT molecular complexity index is 271. The van der Waals surface area contributed by atoms with Gasteiger partial charge in [-0.05, 0) is 0 Å². The minimum Gasteiger partial charge on any atom is -0.384 e. The van der Waals surface area contributed by atoms with Crippen molar-refractivity contribution < 1.29 is 4.79 Å². The number of nitrogens with zero attached hydrogens (tertiary/aromatic N) is 2. The molecule has 12 heavy (non-hydrogen) atoms. The van der Waals surface area contributed by atoms with Crippen molar-refractivity contribution in [1.82, 2.24) is 9.78 Å². The van der Waals surface area contributed by atoms with Gasteiger partial charge in [-0.25, -0.2) is 0 Å². The first-order valence-electron chi connectivity index (χ1n) is 3.93. The summed E-state index contributed by atoms with van der Waals surface area (Å²) in [6.45, 7) is 1.84. The van der Waals surface area contributed by atoms with Crippen molar-refractivity contribution in [3.63, 3.8) is 0 Å². The molecule has 1 rings (SSSR count). The lowest BCUT2D eigenvalue weighted by atomic mass is 10.2. The highest BCUT2D eigenvalue weighted by Crippen LogP contribution is 2.05. The molecule has 0 saturated heterocycles. The number of hydrogen-bond donors (Lipinski definition) is 1. The molecule has 0 radical (unpaired) electrons. The van der Waals surface area contributed by atoms with Crippen molar-refractivity contribution in [2.45, 2.75) is 19.8 Å². The second kappa shape index (κ2) is 3.38. The number of ketones is 1. The number of nitrogen functional groups attached to an aromatic ring is 1. The standard InChI is InChI=1S/C8H13N3O/c1-3-7(12)4-6-5-8(9)11(2)10-6/h5H,3-4,9H2,1-2H3. The molecule has 0 amide bonds. The molecule has 0 aliphatic heterocycles. The van der Waals surface area contributed by atoms with Crippen LogP contribution in [0.15, 0.2) is 6.07 Å². The third-order valence-electron chi connectivity index (χ3n) is 1.74. The molecule has 0 aliphatic rings. The number of Topliss-reactive ketones (excluding diaryl/α,β-unsaturated/α-hetero) is 1. The Morgan fingerprint density at radius 1 is 1.75 bits per heavy atom. The van der Waals surface area contributed by atoms with Crippen LogP contribution in [0.25, 0.3) is 0 Å². The zero-order chi connectivity index (χ0) is 9.14. The van der Waals surface area contributed by atoms with Crippen molar-refractivity contribution >= 4 is 11.6 Å². The molecule has 0 aromatic carbocycles. The van der Waals surface area contributed by atoms with Crippen LogP contribution in [0.1, 0.15) is 19.0 Å². The molecule has 0 bridgehead atoms. The number of aromatic nitrogens is 2. The number of carbonyl (C=O) groups excluding carboxylic acids is 1. The van der Waals surface area contributed by atoms with E-state index in [0.717, 1.165) is 5.69 Å². The van der Waals surface area contributed by atoms with Crippen LogP contribution in [0.5, 0.6) is 0 Å². The first-order valence-corrected chi connectivity index (χ1v) is 3.93. The largest absolute Gasteiger partial charge is 0.384 e. The first-order chi connectivity index (χ1) is 5.63. The molecule has 0 saturated carbocycles. The van der Waals surface area contributed by atoms with Crippen molar-refractivity contribution in [2.75, 3.05) is 5.73 Å².